The second kappa shape index (κ2) is 10.4. The van der Waals surface area contributed by atoms with Crippen molar-refractivity contribution in [1.29, 1.82) is 0 Å². The Morgan fingerprint density at radius 1 is 0.667 bits per heavy atom. The van der Waals surface area contributed by atoms with E-state index < -0.39 is 9.05 Å². The van der Waals surface area contributed by atoms with Gasteiger partial charge in [-0.15, -0.1) is 0 Å². The minimum absolute atomic E-state index is 0.0694. The topological polar surface area (TPSA) is 145 Å². The SMILES string of the molecule is OCCN(CCO)CCO.O[Si](O)(O)O. The predicted molar refractivity (Wildman–Crippen MR) is 52.3 cm³/mol. The maximum atomic E-state index is 8.48. The molecule has 0 amide bonds. The van der Waals surface area contributed by atoms with Crippen LogP contribution in [0.25, 0.3) is 0 Å². The van der Waals surface area contributed by atoms with Crippen LogP contribution in [-0.2, 0) is 0 Å². The minimum atomic E-state index is -4.61. The maximum Gasteiger partial charge on any atom is 0.668 e. The van der Waals surface area contributed by atoms with Gasteiger partial charge >= 0.3 is 9.05 Å². The molecule has 0 aromatic heterocycles. The highest BCUT2D eigenvalue weighted by atomic mass is 28.4. The van der Waals surface area contributed by atoms with Crippen LogP contribution in [0.2, 0.25) is 0 Å². The Bertz CT molecular complexity index is 111. The fourth-order valence-electron chi connectivity index (χ4n) is 0.760. The summed E-state index contributed by atoms with van der Waals surface area (Å²) in [4.78, 5) is 31.1. The summed E-state index contributed by atoms with van der Waals surface area (Å²) in [7, 11) is -4.61. The second-order valence-corrected chi connectivity index (χ2v) is 3.81. The van der Waals surface area contributed by atoms with Crippen molar-refractivity contribution in [2.75, 3.05) is 39.5 Å². The van der Waals surface area contributed by atoms with Crippen LogP contribution in [0.15, 0.2) is 0 Å². The van der Waals surface area contributed by atoms with E-state index in [1.807, 2.05) is 0 Å². The van der Waals surface area contributed by atoms with E-state index in [4.69, 9.17) is 34.5 Å². The van der Waals surface area contributed by atoms with E-state index in [9.17, 15) is 0 Å². The molecule has 0 fully saturated rings. The zero-order valence-corrected chi connectivity index (χ0v) is 9.32. The van der Waals surface area contributed by atoms with E-state index in [0.717, 1.165) is 0 Å². The van der Waals surface area contributed by atoms with Crippen molar-refractivity contribution in [2.24, 2.45) is 0 Å². The van der Waals surface area contributed by atoms with Gasteiger partial charge in [-0.1, -0.05) is 0 Å². The highest BCUT2D eigenvalue weighted by molar-refractivity contribution is 6.46. The second-order valence-electron chi connectivity index (χ2n) is 2.61. The Balaban J connectivity index is 0. The molecule has 0 aromatic rings. The number of aliphatic hydroxyl groups excluding tert-OH is 3. The first-order valence-electron chi connectivity index (χ1n) is 4.29. The number of hydrogen-bond donors (Lipinski definition) is 7. The number of hydrogen-bond acceptors (Lipinski definition) is 8. The van der Waals surface area contributed by atoms with E-state index in [2.05, 4.69) is 0 Å². The number of nitrogens with zero attached hydrogens (tertiary/aromatic N) is 1. The summed E-state index contributed by atoms with van der Waals surface area (Å²) in [5, 5.41) is 25.5. The van der Waals surface area contributed by atoms with Crippen LogP contribution in [0, 0.1) is 0 Å². The zero-order valence-electron chi connectivity index (χ0n) is 8.32. The lowest BCUT2D eigenvalue weighted by Gasteiger charge is -2.17. The summed E-state index contributed by atoms with van der Waals surface area (Å²) in [6, 6.07) is 0. The van der Waals surface area contributed by atoms with Gasteiger partial charge in [0.1, 0.15) is 0 Å². The van der Waals surface area contributed by atoms with Gasteiger partial charge in [-0.2, -0.15) is 0 Å². The Kier molecular flexibility index (Phi) is 12.0. The Morgan fingerprint density at radius 2 is 0.867 bits per heavy atom. The van der Waals surface area contributed by atoms with Crippen molar-refractivity contribution in [2.45, 2.75) is 0 Å². The molecule has 0 saturated carbocycles. The fourth-order valence-corrected chi connectivity index (χ4v) is 0.760. The highest BCUT2D eigenvalue weighted by Crippen LogP contribution is 1.84. The van der Waals surface area contributed by atoms with Crippen LogP contribution in [0.1, 0.15) is 0 Å². The minimum Gasteiger partial charge on any atom is -0.395 e. The van der Waals surface area contributed by atoms with Crippen LogP contribution in [-0.4, -0.2) is 87.9 Å². The van der Waals surface area contributed by atoms with Crippen LogP contribution < -0.4 is 0 Å². The summed E-state index contributed by atoms with van der Waals surface area (Å²) in [6.07, 6.45) is 0. The third-order valence-corrected chi connectivity index (χ3v) is 1.25. The monoisotopic (exact) mass is 245 g/mol. The highest BCUT2D eigenvalue weighted by Gasteiger charge is 2.22. The molecule has 0 heterocycles. The van der Waals surface area contributed by atoms with E-state index in [0.29, 0.717) is 19.6 Å². The molecule has 0 radical (unpaired) electrons. The summed E-state index contributed by atoms with van der Waals surface area (Å²) >= 11 is 0. The number of aliphatic hydroxyl groups is 3. The molecule has 0 bridgehead atoms. The van der Waals surface area contributed by atoms with Crippen LogP contribution in [0.3, 0.4) is 0 Å². The van der Waals surface area contributed by atoms with E-state index in [-0.39, 0.29) is 19.8 Å². The van der Waals surface area contributed by atoms with Crippen molar-refractivity contribution in [3.05, 3.63) is 0 Å². The van der Waals surface area contributed by atoms with Gasteiger partial charge < -0.3 is 34.5 Å². The van der Waals surface area contributed by atoms with E-state index in [1.54, 1.807) is 4.90 Å². The summed E-state index contributed by atoms with van der Waals surface area (Å²) in [5.41, 5.74) is 0. The third-order valence-electron chi connectivity index (χ3n) is 1.25. The standard InChI is InChI=1S/C6H15NO3.H4O4Si/c8-4-1-7(2-5-9)3-6-10;1-5(2,3)4/h8-10H,1-6H2;1-4H. The van der Waals surface area contributed by atoms with Crippen molar-refractivity contribution >= 4 is 9.05 Å². The lowest BCUT2D eigenvalue weighted by molar-refractivity contribution is 0.117. The molecule has 94 valence electrons. The van der Waals surface area contributed by atoms with Crippen LogP contribution >= 0.6 is 0 Å². The van der Waals surface area contributed by atoms with E-state index in [1.165, 1.54) is 0 Å². The average molecular weight is 245 g/mol. The molecule has 15 heavy (non-hydrogen) atoms. The summed E-state index contributed by atoms with van der Waals surface area (Å²) in [5.74, 6) is 0. The van der Waals surface area contributed by atoms with Gasteiger partial charge in [-0.25, -0.2) is 0 Å². The summed E-state index contributed by atoms with van der Waals surface area (Å²) in [6.45, 7) is 1.75. The van der Waals surface area contributed by atoms with Gasteiger partial charge in [0.2, 0.25) is 0 Å². The van der Waals surface area contributed by atoms with Crippen molar-refractivity contribution < 1.29 is 34.5 Å². The average Bonchev–Trinajstić information content (AvgIpc) is 2.02. The Labute approximate surface area is 88.8 Å². The Hall–Kier alpha value is -0.103. The van der Waals surface area contributed by atoms with Crippen molar-refractivity contribution in [3.8, 4) is 0 Å². The molecule has 9 heteroatoms. The molecule has 0 spiro atoms. The lowest BCUT2D eigenvalue weighted by Crippen LogP contribution is -2.33. The molecule has 8 nitrogen and oxygen atoms in total. The molecular formula is C6H19NO7Si. The zero-order chi connectivity index (χ0) is 12.3. The molecule has 0 atom stereocenters. The van der Waals surface area contributed by atoms with Gasteiger partial charge in [0.15, 0.2) is 0 Å². The van der Waals surface area contributed by atoms with Gasteiger partial charge in [0, 0.05) is 19.6 Å². The molecule has 0 aliphatic heterocycles. The van der Waals surface area contributed by atoms with Crippen LogP contribution in [0.4, 0.5) is 0 Å². The first-order chi connectivity index (χ1) is 6.85. The molecule has 0 unspecified atom stereocenters. The smallest absolute Gasteiger partial charge is 0.395 e. The third kappa shape index (κ3) is 24.8. The molecule has 0 aromatic carbocycles. The fraction of sp³-hybridized carbons (Fsp3) is 1.00. The predicted octanol–water partition coefficient (Wildman–Crippen LogP) is -4.34. The van der Waals surface area contributed by atoms with Crippen molar-refractivity contribution in [3.63, 3.8) is 0 Å². The van der Waals surface area contributed by atoms with Gasteiger partial charge in [-0.3, -0.25) is 4.90 Å². The van der Waals surface area contributed by atoms with Crippen LogP contribution in [0.5, 0.6) is 0 Å². The first kappa shape index (κ1) is 17.3. The van der Waals surface area contributed by atoms with Gasteiger partial charge in [0.25, 0.3) is 0 Å². The molecular weight excluding hydrogens is 226 g/mol. The van der Waals surface area contributed by atoms with Gasteiger partial charge in [-0.05, 0) is 0 Å². The number of rotatable bonds is 6. The molecule has 0 aliphatic rings. The Morgan fingerprint density at radius 3 is 1.00 bits per heavy atom. The van der Waals surface area contributed by atoms with Crippen molar-refractivity contribution in [1.82, 2.24) is 4.90 Å². The summed E-state index contributed by atoms with van der Waals surface area (Å²) < 4.78 is 0. The quantitative estimate of drug-likeness (QED) is 0.233. The van der Waals surface area contributed by atoms with E-state index >= 15 is 0 Å². The molecule has 7 N–H and O–H groups in total. The van der Waals surface area contributed by atoms with Gasteiger partial charge in [0.05, 0.1) is 19.8 Å². The molecule has 0 rings (SSSR count). The molecule has 0 aliphatic carbocycles. The molecule has 0 saturated heterocycles. The normalized spacial score (nSPS) is 11.2. The first-order valence-corrected chi connectivity index (χ1v) is 6.08. The maximum absolute atomic E-state index is 8.48. The lowest BCUT2D eigenvalue weighted by atomic mass is 10.4. The largest absolute Gasteiger partial charge is 0.668 e.